The summed E-state index contributed by atoms with van der Waals surface area (Å²) in [7, 11) is 0. The Morgan fingerprint density at radius 3 is 2.58 bits per heavy atom. The molecule has 1 heterocycles. The molecule has 0 aliphatic carbocycles. The van der Waals surface area contributed by atoms with E-state index in [-0.39, 0.29) is 17.6 Å². The maximum absolute atomic E-state index is 12.0. The molecule has 0 atom stereocenters. The van der Waals surface area contributed by atoms with Crippen LogP contribution in [0.3, 0.4) is 0 Å². The van der Waals surface area contributed by atoms with E-state index < -0.39 is 0 Å². The summed E-state index contributed by atoms with van der Waals surface area (Å²) in [6, 6.07) is 7.94. The number of rotatable bonds is 8. The first-order chi connectivity index (χ1) is 11.6. The van der Waals surface area contributed by atoms with Crippen molar-refractivity contribution in [1.29, 1.82) is 0 Å². The molecule has 1 aromatic carbocycles. The van der Waals surface area contributed by atoms with Crippen molar-refractivity contribution < 1.29 is 9.59 Å². The molecule has 0 aliphatic rings. The van der Waals surface area contributed by atoms with Gasteiger partial charge in [-0.15, -0.1) is 10.2 Å². The van der Waals surface area contributed by atoms with Gasteiger partial charge in [0, 0.05) is 12.6 Å². The molecule has 2 aromatic rings. The molecule has 0 bridgehead atoms. The molecular weight excluding hydrogens is 344 g/mol. The summed E-state index contributed by atoms with van der Waals surface area (Å²) < 4.78 is 0.642. The highest BCUT2D eigenvalue weighted by molar-refractivity contribution is 8.01. The number of hydrogen-bond donors (Lipinski definition) is 2. The zero-order valence-corrected chi connectivity index (χ0v) is 15.3. The van der Waals surface area contributed by atoms with Gasteiger partial charge in [-0.1, -0.05) is 48.6 Å². The first-order valence-corrected chi connectivity index (χ1v) is 9.49. The summed E-state index contributed by atoms with van der Waals surface area (Å²) in [6.45, 7) is 3.58. The van der Waals surface area contributed by atoms with Crippen LogP contribution in [0.4, 0.5) is 10.8 Å². The molecule has 8 heteroatoms. The highest BCUT2D eigenvalue weighted by Gasteiger charge is 2.09. The first kappa shape index (κ1) is 18.4. The van der Waals surface area contributed by atoms with Crippen LogP contribution in [0.2, 0.25) is 0 Å². The molecule has 2 amide bonds. The molecule has 6 nitrogen and oxygen atoms in total. The molecule has 0 saturated carbocycles. The number of benzene rings is 1. The van der Waals surface area contributed by atoms with E-state index in [2.05, 4.69) is 27.8 Å². The van der Waals surface area contributed by atoms with Gasteiger partial charge in [0.05, 0.1) is 5.75 Å². The quantitative estimate of drug-likeness (QED) is 0.552. The van der Waals surface area contributed by atoms with Crippen LogP contribution in [0.15, 0.2) is 28.6 Å². The Kier molecular flexibility index (Phi) is 7.20. The predicted octanol–water partition coefficient (Wildman–Crippen LogP) is 3.57. The van der Waals surface area contributed by atoms with E-state index in [9.17, 15) is 9.59 Å². The lowest BCUT2D eigenvalue weighted by Crippen LogP contribution is -2.13. The Morgan fingerprint density at radius 1 is 1.17 bits per heavy atom. The molecule has 0 unspecified atom stereocenters. The van der Waals surface area contributed by atoms with E-state index in [1.165, 1.54) is 48.4 Å². The van der Waals surface area contributed by atoms with Crippen LogP contribution in [0.25, 0.3) is 0 Å². The Labute approximate surface area is 149 Å². The third-order valence-corrected chi connectivity index (χ3v) is 5.04. The number of nitrogens with zero attached hydrogens (tertiary/aromatic N) is 2. The van der Waals surface area contributed by atoms with Crippen LogP contribution in [0.5, 0.6) is 0 Å². The predicted molar refractivity (Wildman–Crippen MR) is 98.6 cm³/mol. The number of unbranched alkanes of at least 4 members (excludes halogenated alkanes) is 1. The number of anilines is 2. The zero-order chi connectivity index (χ0) is 17.4. The molecule has 0 saturated heterocycles. The number of carbonyl (C=O) groups is 2. The maximum atomic E-state index is 12.0. The van der Waals surface area contributed by atoms with Crippen molar-refractivity contribution in [2.75, 3.05) is 16.4 Å². The van der Waals surface area contributed by atoms with Crippen molar-refractivity contribution in [1.82, 2.24) is 10.2 Å². The highest BCUT2D eigenvalue weighted by atomic mass is 32.2. The van der Waals surface area contributed by atoms with Gasteiger partial charge in [-0.2, -0.15) is 0 Å². The Hall–Kier alpha value is -1.93. The largest absolute Gasteiger partial charge is 0.325 e. The van der Waals surface area contributed by atoms with Crippen molar-refractivity contribution in [2.24, 2.45) is 0 Å². The molecule has 1 aromatic heterocycles. The van der Waals surface area contributed by atoms with E-state index in [0.717, 1.165) is 12.1 Å². The average molecular weight is 364 g/mol. The second-order valence-electron chi connectivity index (χ2n) is 5.19. The van der Waals surface area contributed by atoms with E-state index in [1.54, 1.807) is 0 Å². The Balaban J connectivity index is 1.78. The van der Waals surface area contributed by atoms with Gasteiger partial charge in [0.25, 0.3) is 0 Å². The molecule has 0 spiro atoms. The van der Waals surface area contributed by atoms with Gasteiger partial charge in [0.1, 0.15) is 0 Å². The van der Waals surface area contributed by atoms with Crippen LogP contribution in [-0.2, 0) is 16.0 Å². The summed E-state index contributed by atoms with van der Waals surface area (Å²) in [5, 5.41) is 13.6. The van der Waals surface area contributed by atoms with Crippen LogP contribution >= 0.6 is 23.1 Å². The molecule has 2 N–H and O–H groups in total. The topological polar surface area (TPSA) is 84.0 Å². The molecule has 0 radical (unpaired) electrons. The first-order valence-electron chi connectivity index (χ1n) is 7.69. The Morgan fingerprint density at radius 2 is 1.92 bits per heavy atom. The van der Waals surface area contributed by atoms with E-state index >= 15 is 0 Å². The summed E-state index contributed by atoms with van der Waals surface area (Å²) >= 11 is 2.54. The van der Waals surface area contributed by atoms with E-state index in [4.69, 9.17) is 0 Å². The van der Waals surface area contributed by atoms with Crippen molar-refractivity contribution in [3.05, 3.63) is 29.8 Å². The number of carbonyl (C=O) groups excluding carboxylic acids is 2. The lowest BCUT2D eigenvalue weighted by Gasteiger charge is -2.05. The smallest absolute Gasteiger partial charge is 0.234 e. The SMILES string of the molecule is CCCCc1ccc(NC(=O)CSc2nnc(NC(C)=O)s2)cc1. The minimum absolute atomic E-state index is 0.0995. The van der Waals surface area contributed by atoms with Crippen molar-refractivity contribution in [2.45, 2.75) is 37.4 Å². The van der Waals surface area contributed by atoms with Gasteiger partial charge in [-0.25, -0.2) is 0 Å². The molecule has 24 heavy (non-hydrogen) atoms. The van der Waals surface area contributed by atoms with Gasteiger partial charge in [-0.05, 0) is 30.5 Å². The van der Waals surface area contributed by atoms with Crippen LogP contribution < -0.4 is 10.6 Å². The van der Waals surface area contributed by atoms with Crippen molar-refractivity contribution in [3.8, 4) is 0 Å². The minimum Gasteiger partial charge on any atom is -0.325 e. The third-order valence-electron chi connectivity index (χ3n) is 3.07. The number of amides is 2. The van der Waals surface area contributed by atoms with Gasteiger partial charge >= 0.3 is 0 Å². The second kappa shape index (κ2) is 9.39. The van der Waals surface area contributed by atoms with Crippen molar-refractivity contribution >= 4 is 45.7 Å². The van der Waals surface area contributed by atoms with Gasteiger partial charge in [-0.3, -0.25) is 9.59 Å². The summed E-state index contributed by atoms with van der Waals surface area (Å²) in [5.41, 5.74) is 2.07. The number of thioether (sulfide) groups is 1. The monoisotopic (exact) mass is 364 g/mol. The normalized spacial score (nSPS) is 10.4. The average Bonchev–Trinajstić information content (AvgIpc) is 2.99. The fourth-order valence-corrected chi connectivity index (χ4v) is 3.53. The maximum Gasteiger partial charge on any atom is 0.234 e. The fraction of sp³-hybridized carbons (Fsp3) is 0.375. The van der Waals surface area contributed by atoms with Crippen LogP contribution in [0.1, 0.15) is 32.3 Å². The zero-order valence-electron chi connectivity index (χ0n) is 13.7. The van der Waals surface area contributed by atoms with Crippen LogP contribution in [-0.4, -0.2) is 27.8 Å². The lowest BCUT2D eigenvalue weighted by atomic mass is 10.1. The molecular formula is C16H20N4O2S2. The number of aromatic nitrogens is 2. The lowest BCUT2D eigenvalue weighted by molar-refractivity contribution is -0.114. The molecule has 128 valence electrons. The number of aryl methyl sites for hydroxylation is 1. The summed E-state index contributed by atoms with van der Waals surface area (Å²) in [4.78, 5) is 22.9. The summed E-state index contributed by atoms with van der Waals surface area (Å²) in [6.07, 6.45) is 3.41. The molecule has 2 rings (SSSR count). The standard InChI is InChI=1S/C16H20N4O2S2/c1-3-4-5-12-6-8-13(9-7-12)18-14(22)10-23-16-20-19-15(24-16)17-11(2)21/h6-9H,3-5,10H2,1-2H3,(H,18,22)(H,17,19,21). The molecule has 0 aliphatic heterocycles. The fourth-order valence-electron chi connectivity index (χ4n) is 1.93. The van der Waals surface area contributed by atoms with Crippen LogP contribution in [0, 0.1) is 0 Å². The molecule has 0 fully saturated rings. The van der Waals surface area contributed by atoms with E-state index in [0.29, 0.717) is 9.47 Å². The number of nitrogens with one attached hydrogen (secondary N) is 2. The van der Waals surface area contributed by atoms with E-state index in [1.807, 2.05) is 24.3 Å². The highest BCUT2D eigenvalue weighted by Crippen LogP contribution is 2.25. The second-order valence-corrected chi connectivity index (χ2v) is 7.39. The van der Waals surface area contributed by atoms with Gasteiger partial charge in [0.15, 0.2) is 4.34 Å². The number of hydrogen-bond acceptors (Lipinski definition) is 6. The van der Waals surface area contributed by atoms with Gasteiger partial charge < -0.3 is 10.6 Å². The minimum atomic E-state index is -0.192. The Bertz CT molecular complexity index is 686. The van der Waals surface area contributed by atoms with Gasteiger partial charge in [0.2, 0.25) is 16.9 Å². The summed E-state index contributed by atoms with van der Waals surface area (Å²) in [5.74, 6) is -0.0489. The third kappa shape index (κ3) is 6.29. The van der Waals surface area contributed by atoms with Crippen molar-refractivity contribution in [3.63, 3.8) is 0 Å².